The van der Waals surface area contributed by atoms with Crippen LogP contribution < -0.4 is 0 Å². The molecule has 3 unspecified atom stereocenters. The molecule has 9 nitrogen and oxygen atoms in total. The third-order valence-corrected chi connectivity index (χ3v) is 7.34. The van der Waals surface area contributed by atoms with Crippen LogP contribution >= 0.6 is 35.0 Å². The van der Waals surface area contributed by atoms with Gasteiger partial charge in [0.2, 0.25) is 0 Å². The minimum Gasteiger partial charge on any atom is -0.480 e. The summed E-state index contributed by atoms with van der Waals surface area (Å²) in [7, 11) is 0. The Bertz CT molecular complexity index is 1280. The molecule has 37 heavy (non-hydrogen) atoms. The molecule has 0 amide bonds. The van der Waals surface area contributed by atoms with Crippen molar-refractivity contribution in [1.82, 2.24) is 15.0 Å². The highest BCUT2D eigenvalue weighted by molar-refractivity contribution is 7.99. The van der Waals surface area contributed by atoms with Crippen LogP contribution in [0.4, 0.5) is 13.2 Å². The van der Waals surface area contributed by atoms with Crippen LogP contribution in [0, 0.1) is 17.5 Å². The lowest BCUT2D eigenvalue weighted by molar-refractivity contribution is -0.196. The monoisotopic (exact) mass is 579 g/mol. The van der Waals surface area contributed by atoms with Crippen LogP contribution in [-0.2, 0) is 14.3 Å². The van der Waals surface area contributed by atoms with Crippen molar-refractivity contribution in [3.05, 3.63) is 64.0 Å². The standard InChI is InChI=1S/C22H18Cl2F3N3O6S/c23-11-2-1-10(5-12(11)24)37-22-21(35-8-17(32)33)19(20(34)16(7-31)36-22)30-6-15(28-29-30)9-3-13(25)18(27)14(26)4-9/h1-6,16,19-22,31,34H,7-8H2,(H,32,33)/t16?,19?,20-,21?,22+/m0/s1. The van der Waals surface area contributed by atoms with Gasteiger partial charge in [-0.3, -0.25) is 0 Å². The molecule has 1 fully saturated rings. The molecule has 5 atom stereocenters. The van der Waals surface area contributed by atoms with Crippen LogP contribution in [0.2, 0.25) is 10.0 Å². The molecule has 1 aliphatic rings. The molecule has 3 aromatic rings. The van der Waals surface area contributed by atoms with E-state index in [2.05, 4.69) is 10.3 Å². The van der Waals surface area contributed by atoms with Crippen LogP contribution in [0.3, 0.4) is 0 Å². The van der Waals surface area contributed by atoms with Crippen molar-refractivity contribution in [1.29, 1.82) is 0 Å². The van der Waals surface area contributed by atoms with Gasteiger partial charge >= 0.3 is 5.97 Å². The highest BCUT2D eigenvalue weighted by Crippen LogP contribution is 2.41. The first-order valence-corrected chi connectivity index (χ1v) is 12.2. The highest BCUT2D eigenvalue weighted by atomic mass is 35.5. The number of ether oxygens (including phenoxy) is 2. The number of aliphatic hydroxyl groups excluding tert-OH is 2. The molecule has 0 spiro atoms. The fourth-order valence-electron chi connectivity index (χ4n) is 3.75. The topological polar surface area (TPSA) is 127 Å². The van der Waals surface area contributed by atoms with Crippen LogP contribution in [0.1, 0.15) is 6.04 Å². The summed E-state index contributed by atoms with van der Waals surface area (Å²) in [5, 5.41) is 38.3. The van der Waals surface area contributed by atoms with Gasteiger partial charge in [0.25, 0.3) is 0 Å². The van der Waals surface area contributed by atoms with Gasteiger partial charge in [0.1, 0.15) is 42.1 Å². The molecule has 0 saturated carbocycles. The molecule has 1 saturated heterocycles. The number of benzene rings is 2. The number of halogens is 5. The lowest BCUT2D eigenvalue weighted by Gasteiger charge is -2.43. The summed E-state index contributed by atoms with van der Waals surface area (Å²) in [4.78, 5) is 11.8. The molecule has 4 rings (SSSR count). The van der Waals surface area contributed by atoms with Gasteiger partial charge in [-0.15, -0.1) is 5.10 Å². The van der Waals surface area contributed by atoms with Crippen LogP contribution in [0.15, 0.2) is 41.4 Å². The van der Waals surface area contributed by atoms with E-state index < -0.39 is 66.4 Å². The average molecular weight is 580 g/mol. The number of hydrogen-bond acceptors (Lipinski definition) is 8. The number of carbonyl (C=O) groups is 1. The molecule has 2 aromatic carbocycles. The maximum atomic E-state index is 13.7. The van der Waals surface area contributed by atoms with Crippen molar-refractivity contribution in [3.63, 3.8) is 0 Å². The molecular weight excluding hydrogens is 562 g/mol. The van der Waals surface area contributed by atoms with E-state index >= 15 is 0 Å². The van der Waals surface area contributed by atoms with E-state index in [9.17, 15) is 33.3 Å². The fraction of sp³-hybridized carbons (Fsp3) is 0.318. The van der Waals surface area contributed by atoms with Crippen molar-refractivity contribution in [3.8, 4) is 11.3 Å². The maximum Gasteiger partial charge on any atom is 0.329 e. The summed E-state index contributed by atoms with van der Waals surface area (Å²) in [6, 6.07) is 5.02. The zero-order valence-corrected chi connectivity index (χ0v) is 20.8. The Labute approximate surface area is 221 Å². The second kappa shape index (κ2) is 11.6. The third kappa shape index (κ3) is 6.03. The zero-order valence-electron chi connectivity index (χ0n) is 18.5. The molecule has 198 valence electrons. The smallest absolute Gasteiger partial charge is 0.329 e. The Hall–Kier alpha value is -2.39. The molecule has 3 N–H and O–H groups in total. The summed E-state index contributed by atoms with van der Waals surface area (Å²) >= 11 is 13.1. The van der Waals surface area contributed by atoms with Gasteiger partial charge in [0.05, 0.1) is 22.8 Å². The largest absolute Gasteiger partial charge is 0.480 e. The van der Waals surface area contributed by atoms with Gasteiger partial charge < -0.3 is 24.8 Å². The quantitative estimate of drug-likeness (QED) is 0.343. The van der Waals surface area contributed by atoms with E-state index in [4.69, 9.17) is 32.7 Å². The van der Waals surface area contributed by atoms with E-state index in [1.54, 1.807) is 18.2 Å². The van der Waals surface area contributed by atoms with E-state index in [0.29, 0.717) is 9.92 Å². The van der Waals surface area contributed by atoms with Crippen LogP contribution in [-0.4, -0.2) is 73.2 Å². The first-order chi connectivity index (χ1) is 17.6. The van der Waals surface area contributed by atoms with E-state index in [-0.39, 0.29) is 16.3 Å². The first kappa shape index (κ1) is 27.6. The van der Waals surface area contributed by atoms with Gasteiger partial charge in [-0.2, -0.15) is 0 Å². The molecule has 1 aromatic heterocycles. The Morgan fingerprint density at radius 2 is 1.86 bits per heavy atom. The Morgan fingerprint density at radius 1 is 1.16 bits per heavy atom. The molecular formula is C22H18Cl2F3N3O6S. The summed E-state index contributed by atoms with van der Waals surface area (Å²) in [5.41, 5.74) is -1.19. The SMILES string of the molecule is O=C(O)COC1C(n2cc(-c3cc(F)c(F)c(F)c3)nn2)[C@@H](O)C(CO)O[C@@H]1Sc1ccc(Cl)c(Cl)c1. The molecule has 15 heteroatoms. The summed E-state index contributed by atoms with van der Waals surface area (Å²) < 4.78 is 53.4. The van der Waals surface area contributed by atoms with Crippen molar-refractivity contribution in [2.75, 3.05) is 13.2 Å². The van der Waals surface area contributed by atoms with Crippen molar-refractivity contribution in [2.45, 2.75) is 34.7 Å². The number of thioether (sulfide) groups is 1. The number of aliphatic hydroxyl groups is 2. The second-order valence-corrected chi connectivity index (χ2v) is 9.89. The Morgan fingerprint density at radius 3 is 2.49 bits per heavy atom. The summed E-state index contributed by atoms with van der Waals surface area (Å²) in [5.74, 6) is -5.81. The average Bonchev–Trinajstić information content (AvgIpc) is 3.34. The number of rotatable bonds is 8. The number of nitrogens with zero attached hydrogens (tertiary/aromatic N) is 3. The van der Waals surface area contributed by atoms with Crippen LogP contribution in [0.25, 0.3) is 11.3 Å². The number of carboxylic acid groups (broad SMARTS) is 1. The highest BCUT2D eigenvalue weighted by Gasteiger charge is 2.48. The second-order valence-electron chi connectivity index (χ2n) is 7.91. The third-order valence-electron chi connectivity index (χ3n) is 5.46. The Kier molecular flexibility index (Phi) is 8.63. The minimum absolute atomic E-state index is 0.0669. The molecule has 2 heterocycles. The summed E-state index contributed by atoms with van der Waals surface area (Å²) in [6.45, 7) is -1.38. The molecule has 0 radical (unpaired) electrons. The zero-order chi connectivity index (χ0) is 26.9. The first-order valence-electron chi connectivity index (χ1n) is 10.5. The molecule has 0 aliphatic carbocycles. The molecule has 1 aliphatic heterocycles. The van der Waals surface area contributed by atoms with Crippen molar-refractivity contribution in [2.24, 2.45) is 0 Å². The number of aromatic nitrogens is 3. The predicted octanol–water partition coefficient (Wildman–Crippen LogP) is 3.55. The molecule has 0 bridgehead atoms. The van der Waals surface area contributed by atoms with Gasteiger partial charge in [-0.25, -0.2) is 22.6 Å². The van der Waals surface area contributed by atoms with Crippen molar-refractivity contribution < 1.29 is 42.8 Å². The fourth-order valence-corrected chi connectivity index (χ4v) is 5.28. The predicted molar refractivity (Wildman–Crippen MR) is 126 cm³/mol. The maximum absolute atomic E-state index is 13.7. The van der Waals surface area contributed by atoms with Gasteiger partial charge in [-0.1, -0.05) is 40.2 Å². The lowest BCUT2D eigenvalue weighted by atomic mass is 9.97. The van der Waals surface area contributed by atoms with E-state index in [0.717, 1.165) is 28.6 Å². The van der Waals surface area contributed by atoms with Gasteiger partial charge in [-0.05, 0) is 30.3 Å². The lowest BCUT2D eigenvalue weighted by Crippen LogP contribution is -2.56. The number of aliphatic carboxylic acids is 1. The van der Waals surface area contributed by atoms with E-state index in [1.165, 1.54) is 6.20 Å². The summed E-state index contributed by atoms with van der Waals surface area (Å²) in [6.07, 6.45) is -2.57. The Balaban J connectivity index is 1.72. The number of hydrogen-bond donors (Lipinski definition) is 3. The number of carboxylic acids is 1. The normalized spacial score (nSPS) is 23.8. The van der Waals surface area contributed by atoms with Gasteiger partial charge in [0.15, 0.2) is 17.5 Å². The van der Waals surface area contributed by atoms with Crippen molar-refractivity contribution >= 4 is 40.9 Å². The van der Waals surface area contributed by atoms with Gasteiger partial charge in [0, 0.05) is 10.5 Å². The minimum atomic E-state index is -1.65. The van der Waals surface area contributed by atoms with Crippen LogP contribution in [0.5, 0.6) is 0 Å². The van der Waals surface area contributed by atoms with E-state index in [1.807, 2.05) is 0 Å².